The predicted octanol–water partition coefficient (Wildman–Crippen LogP) is 2.95. The first-order valence-electron chi connectivity index (χ1n) is 6.65. The van der Waals surface area contributed by atoms with E-state index in [4.69, 9.17) is 0 Å². The predicted molar refractivity (Wildman–Crippen MR) is 75.9 cm³/mol. The summed E-state index contributed by atoms with van der Waals surface area (Å²) in [5, 5.41) is 12.9. The van der Waals surface area contributed by atoms with Gasteiger partial charge in [-0.2, -0.15) is 0 Å². The van der Waals surface area contributed by atoms with Crippen molar-refractivity contribution < 1.29 is 8.78 Å². The van der Waals surface area contributed by atoms with E-state index < -0.39 is 11.6 Å². The first kappa shape index (κ1) is 15.0. The molecule has 2 rings (SSSR count). The van der Waals surface area contributed by atoms with Crippen molar-refractivity contribution in [2.75, 3.05) is 13.1 Å². The number of hydrogen-bond donors (Lipinski definition) is 1. The molecule has 0 saturated carbocycles. The minimum absolute atomic E-state index is 0.0549. The summed E-state index contributed by atoms with van der Waals surface area (Å²) in [6, 6.07) is 3.88. The van der Waals surface area contributed by atoms with Crippen LogP contribution in [-0.4, -0.2) is 23.3 Å². The Balaban J connectivity index is 1.96. The average Bonchev–Trinajstić information content (AvgIpc) is 2.87. The number of nitrogens with one attached hydrogen (secondary N) is 1. The molecule has 108 valence electrons. The van der Waals surface area contributed by atoms with Crippen molar-refractivity contribution in [3.05, 3.63) is 45.4 Å². The smallest absolute Gasteiger partial charge is 0.129 e. The lowest BCUT2D eigenvalue weighted by molar-refractivity contribution is 0.561. The van der Waals surface area contributed by atoms with Gasteiger partial charge in [0.1, 0.15) is 21.6 Å². The molecule has 3 nitrogen and oxygen atoms in total. The molecule has 1 aromatic heterocycles. The third-order valence-corrected chi connectivity index (χ3v) is 3.82. The Hall–Kier alpha value is -1.40. The van der Waals surface area contributed by atoms with E-state index in [1.54, 1.807) is 0 Å². The van der Waals surface area contributed by atoms with Gasteiger partial charge in [-0.05, 0) is 25.1 Å². The van der Waals surface area contributed by atoms with E-state index in [1.165, 1.54) is 29.5 Å². The minimum atomic E-state index is -0.536. The second kappa shape index (κ2) is 7.40. The summed E-state index contributed by atoms with van der Waals surface area (Å²) < 4.78 is 27.1. The van der Waals surface area contributed by atoms with Gasteiger partial charge in [0.25, 0.3) is 0 Å². The van der Waals surface area contributed by atoms with Gasteiger partial charge in [-0.1, -0.05) is 13.0 Å². The molecule has 1 N–H and O–H groups in total. The van der Waals surface area contributed by atoms with Crippen LogP contribution in [0.2, 0.25) is 0 Å². The van der Waals surface area contributed by atoms with Crippen molar-refractivity contribution in [1.82, 2.24) is 15.5 Å². The van der Waals surface area contributed by atoms with Gasteiger partial charge < -0.3 is 5.32 Å². The summed E-state index contributed by atoms with van der Waals surface area (Å²) in [4.78, 5) is 0. The van der Waals surface area contributed by atoms with Crippen LogP contribution in [0, 0.1) is 11.6 Å². The maximum Gasteiger partial charge on any atom is 0.129 e. The molecule has 0 aliphatic heterocycles. The first-order valence-corrected chi connectivity index (χ1v) is 7.47. The standard InChI is InChI=1S/C14H17F2N3S/c1-2-7-17-8-6-13-18-19-14(20-13)9-10-11(15)4-3-5-12(10)16/h3-5,17H,2,6-9H2,1H3. The summed E-state index contributed by atoms with van der Waals surface area (Å²) in [7, 11) is 0. The maximum atomic E-state index is 13.5. The van der Waals surface area contributed by atoms with Gasteiger partial charge in [-0.3, -0.25) is 0 Å². The Bertz CT molecular complexity index is 537. The molecule has 0 atom stereocenters. The number of benzene rings is 1. The number of aromatic nitrogens is 2. The zero-order chi connectivity index (χ0) is 14.4. The molecular formula is C14H17F2N3S. The molecule has 1 aromatic carbocycles. The van der Waals surface area contributed by atoms with Crippen LogP contribution in [0.15, 0.2) is 18.2 Å². The molecule has 0 bridgehead atoms. The average molecular weight is 297 g/mol. The van der Waals surface area contributed by atoms with Crippen LogP contribution in [0.5, 0.6) is 0 Å². The number of nitrogens with zero attached hydrogens (tertiary/aromatic N) is 2. The van der Waals surface area contributed by atoms with Crippen LogP contribution >= 0.6 is 11.3 Å². The van der Waals surface area contributed by atoms with Gasteiger partial charge >= 0.3 is 0 Å². The van der Waals surface area contributed by atoms with Crippen LogP contribution in [0.3, 0.4) is 0 Å². The van der Waals surface area contributed by atoms with Gasteiger partial charge in [-0.15, -0.1) is 21.5 Å². The summed E-state index contributed by atoms with van der Waals surface area (Å²) in [5.41, 5.74) is 0.0549. The molecule has 1 heterocycles. The van der Waals surface area contributed by atoms with E-state index in [2.05, 4.69) is 22.4 Å². The summed E-state index contributed by atoms with van der Waals surface area (Å²) in [5.74, 6) is -1.07. The highest BCUT2D eigenvalue weighted by Crippen LogP contribution is 2.19. The van der Waals surface area contributed by atoms with Gasteiger partial charge in [0.15, 0.2) is 0 Å². The van der Waals surface area contributed by atoms with Gasteiger partial charge in [0.05, 0.1) is 0 Å². The Kier molecular flexibility index (Phi) is 5.55. The van der Waals surface area contributed by atoms with E-state index in [-0.39, 0.29) is 12.0 Å². The molecule has 0 saturated heterocycles. The fraction of sp³-hybridized carbons (Fsp3) is 0.429. The zero-order valence-corrected chi connectivity index (χ0v) is 12.1. The second-order valence-corrected chi connectivity index (χ2v) is 5.61. The molecule has 0 amide bonds. The largest absolute Gasteiger partial charge is 0.316 e. The van der Waals surface area contributed by atoms with Crippen molar-refractivity contribution in [3.8, 4) is 0 Å². The topological polar surface area (TPSA) is 37.8 Å². The number of halogens is 2. The monoisotopic (exact) mass is 297 g/mol. The highest BCUT2D eigenvalue weighted by atomic mass is 32.1. The SMILES string of the molecule is CCCNCCc1nnc(Cc2c(F)cccc2F)s1. The normalized spacial score (nSPS) is 10.9. The lowest BCUT2D eigenvalue weighted by Crippen LogP contribution is -2.17. The van der Waals surface area contributed by atoms with Crippen molar-refractivity contribution in [2.24, 2.45) is 0 Å². The Morgan fingerprint density at radius 3 is 2.50 bits per heavy atom. The van der Waals surface area contributed by atoms with Gasteiger partial charge in [0, 0.05) is 24.9 Å². The van der Waals surface area contributed by atoms with Crippen molar-refractivity contribution in [3.63, 3.8) is 0 Å². The molecule has 0 radical (unpaired) electrons. The third-order valence-electron chi connectivity index (χ3n) is 2.84. The van der Waals surface area contributed by atoms with E-state index in [0.29, 0.717) is 5.01 Å². The summed E-state index contributed by atoms with van der Waals surface area (Å²) in [6.07, 6.45) is 2.03. The van der Waals surface area contributed by atoms with Crippen LogP contribution in [0.4, 0.5) is 8.78 Å². The lowest BCUT2D eigenvalue weighted by Gasteiger charge is -2.01. The number of rotatable bonds is 7. The first-order chi connectivity index (χ1) is 9.70. The molecule has 0 aliphatic rings. The highest BCUT2D eigenvalue weighted by molar-refractivity contribution is 7.11. The van der Waals surface area contributed by atoms with Crippen LogP contribution < -0.4 is 5.32 Å². The van der Waals surface area contributed by atoms with E-state index in [0.717, 1.165) is 30.9 Å². The second-order valence-electron chi connectivity index (χ2n) is 4.47. The van der Waals surface area contributed by atoms with E-state index >= 15 is 0 Å². The molecule has 6 heteroatoms. The molecule has 0 aliphatic carbocycles. The molecule has 0 fully saturated rings. The van der Waals surface area contributed by atoms with Gasteiger partial charge in [0.2, 0.25) is 0 Å². The quantitative estimate of drug-likeness (QED) is 0.799. The summed E-state index contributed by atoms with van der Waals surface area (Å²) >= 11 is 1.41. The summed E-state index contributed by atoms with van der Waals surface area (Å²) in [6.45, 7) is 3.93. The molecule has 20 heavy (non-hydrogen) atoms. The Morgan fingerprint density at radius 1 is 1.10 bits per heavy atom. The zero-order valence-electron chi connectivity index (χ0n) is 11.3. The van der Waals surface area contributed by atoms with Crippen LogP contribution in [0.25, 0.3) is 0 Å². The fourth-order valence-electron chi connectivity index (χ4n) is 1.81. The highest BCUT2D eigenvalue weighted by Gasteiger charge is 2.12. The molecular weight excluding hydrogens is 280 g/mol. The number of hydrogen-bond acceptors (Lipinski definition) is 4. The molecule has 0 unspecified atom stereocenters. The molecule has 0 spiro atoms. The fourth-order valence-corrected chi connectivity index (χ4v) is 2.67. The maximum absolute atomic E-state index is 13.5. The van der Waals surface area contributed by atoms with Gasteiger partial charge in [-0.25, -0.2) is 8.78 Å². The van der Waals surface area contributed by atoms with E-state index in [9.17, 15) is 8.78 Å². The van der Waals surface area contributed by atoms with Crippen LogP contribution in [-0.2, 0) is 12.8 Å². The third kappa shape index (κ3) is 4.05. The van der Waals surface area contributed by atoms with Crippen molar-refractivity contribution in [2.45, 2.75) is 26.2 Å². The van der Waals surface area contributed by atoms with Crippen LogP contribution in [0.1, 0.15) is 28.9 Å². The molecule has 2 aromatic rings. The Labute approximate surface area is 121 Å². The minimum Gasteiger partial charge on any atom is -0.316 e. The Morgan fingerprint density at radius 2 is 1.80 bits per heavy atom. The van der Waals surface area contributed by atoms with Crippen molar-refractivity contribution in [1.29, 1.82) is 0 Å². The van der Waals surface area contributed by atoms with E-state index in [1.807, 2.05) is 0 Å². The lowest BCUT2D eigenvalue weighted by atomic mass is 10.1. The van der Waals surface area contributed by atoms with Crippen molar-refractivity contribution >= 4 is 11.3 Å².